The zero-order valence-electron chi connectivity index (χ0n) is 6.96. The van der Waals surface area contributed by atoms with Crippen molar-refractivity contribution in [3.8, 4) is 0 Å². The van der Waals surface area contributed by atoms with E-state index in [1.807, 2.05) is 0 Å². The SMILES string of the molecule is CC1C=CC(=C=O)C(=C=O)C1=C=O. The Bertz CT molecular complexity index is 409. The summed E-state index contributed by atoms with van der Waals surface area (Å²) in [5, 5.41) is 0. The van der Waals surface area contributed by atoms with Crippen molar-refractivity contribution in [1.29, 1.82) is 0 Å². The lowest BCUT2D eigenvalue weighted by molar-refractivity contribution is 0.560. The maximum atomic E-state index is 10.5. The third-order valence-electron chi connectivity index (χ3n) is 1.87. The van der Waals surface area contributed by atoms with Crippen molar-refractivity contribution in [1.82, 2.24) is 0 Å². The lowest BCUT2D eigenvalue weighted by atomic mass is 9.86. The van der Waals surface area contributed by atoms with Crippen LogP contribution < -0.4 is 0 Å². The van der Waals surface area contributed by atoms with Crippen molar-refractivity contribution < 1.29 is 14.4 Å². The van der Waals surface area contributed by atoms with Crippen LogP contribution in [0.2, 0.25) is 0 Å². The van der Waals surface area contributed by atoms with Gasteiger partial charge in [-0.2, -0.15) is 0 Å². The molecule has 0 heterocycles. The fourth-order valence-electron chi connectivity index (χ4n) is 1.13. The fraction of sp³-hybridized carbons (Fsp3) is 0.200. The number of rotatable bonds is 0. The highest BCUT2D eigenvalue weighted by molar-refractivity contribution is 5.86. The highest BCUT2D eigenvalue weighted by Gasteiger charge is 2.21. The first-order valence-electron chi connectivity index (χ1n) is 3.68. The van der Waals surface area contributed by atoms with Gasteiger partial charge < -0.3 is 0 Å². The van der Waals surface area contributed by atoms with E-state index in [-0.39, 0.29) is 22.6 Å². The zero-order chi connectivity index (χ0) is 9.84. The van der Waals surface area contributed by atoms with E-state index in [9.17, 15) is 14.4 Å². The molecule has 1 atom stereocenters. The van der Waals surface area contributed by atoms with Gasteiger partial charge in [-0.1, -0.05) is 13.0 Å². The first-order chi connectivity index (χ1) is 6.24. The first kappa shape index (κ1) is 9.18. The van der Waals surface area contributed by atoms with Gasteiger partial charge in [0, 0.05) is 5.92 Å². The molecule has 1 unspecified atom stereocenters. The average Bonchev–Trinajstić information content (AvgIpc) is 2.17. The van der Waals surface area contributed by atoms with Gasteiger partial charge in [0.2, 0.25) is 0 Å². The summed E-state index contributed by atoms with van der Waals surface area (Å²) in [5.41, 5.74) is 0.197. The second-order valence-electron chi connectivity index (χ2n) is 2.66. The van der Waals surface area contributed by atoms with Gasteiger partial charge in [0.15, 0.2) is 0 Å². The van der Waals surface area contributed by atoms with E-state index in [1.165, 1.54) is 6.08 Å². The zero-order valence-corrected chi connectivity index (χ0v) is 6.96. The van der Waals surface area contributed by atoms with Gasteiger partial charge in [-0.3, -0.25) is 0 Å². The molecule has 0 amide bonds. The summed E-state index contributed by atoms with van der Waals surface area (Å²) in [6, 6.07) is 0. The van der Waals surface area contributed by atoms with Gasteiger partial charge in [0.1, 0.15) is 17.8 Å². The van der Waals surface area contributed by atoms with Crippen LogP contribution in [0.3, 0.4) is 0 Å². The molecule has 0 aliphatic heterocycles. The quantitative estimate of drug-likeness (QED) is 0.501. The standard InChI is InChI=1S/C10H6O3/c1-7-2-3-8(4-11)10(6-13)9(7)5-12/h2-3,7H,1H3. The molecule has 3 heteroatoms. The van der Waals surface area contributed by atoms with Gasteiger partial charge >= 0.3 is 0 Å². The molecule has 0 aromatic heterocycles. The Balaban J connectivity index is 3.46. The molecule has 0 fully saturated rings. The maximum absolute atomic E-state index is 10.5. The van der Waals surface area contributed by atoms with E-state index >= 15 is 0 Å². The van der Waals surface area contributed by atoms with E-state index in [4.69, 9.17) is 0 Å². The Hall–Kier alpha value is -1.91. The molecular formula is C10H6O3. The number of hydrogen-bond donors (Lipinski definition) is 0. The Kier molecular flexibility index (Phi) is 2.59. The van der Waals surface area contributed by atoms with E-state index in [0.717, 1.165) is 0 Å². The second-order valence-corrected chi connectivity index (χ2v) is 2.66. The van der Waals surface area contributed by atoms with E-state index < -0.39 is 0 Å². The van der Waals surface area contributed by atoms with Gasteiger partial charge in [0.25, 0.3) is 0 Å². The van der Waals surface area contributed by atoms with Crippen LogP contribution in [0.25, 0.3) is 0 Å². The molecule has 0 aromatic carbocycles. The van der Waals surface area contributed by atoms with Crippen LogP contribution in [0, 0.1) is 5.92 Å². The summed E-state index contributed by atoms with van der Waals surface area (Å²) in [4.78, 5) is 31.3. The summed E-state index contributed by atoms with van der Waals surface area (Å²) < 4.78 is 0. The summed E-state index contributed by atoms with van der Waals surface area (Å²) >= 11 is 0. The van der Waals surface area contributed by atoms with E-state index in [0.29, 0.717) is 0 Å². The van der Waals surface area contributed by atoms with Crippen LogP contribution >= 0.6 is 0 Å². The topological polar surface area (TPSA) is 51.2 Å². The average molecular weight is 174 g/mol. The molecule has 0 radical (unpaired) electrons. The monoisotopic (exact) mass is 174 g/mol. The molecule has 1 aliphatic carbocycles. The minimum Gasteiger partial charge on any atom is -0.233 e. The van der Waals surface area contributed by atoms with Gasteiger partial charge in [0.05, 0.1) is 16.7 Å². The van der Waals surface area contributed by atoms with Crippen LogP contribution in [0.4, 0.5) is 0 Å². The molecule has 0 bridgehead atoms. The Labute approximate surface area is 74.7 Å². The molecule has 0 aromatic rings. The normalized spacial score (nSPS) is 20.7. The molecule has 0 N–H and O–H groups in total. The highest BCUT2D eigenvalue weighted by Crippen LogP contribution is 2.27. The van der Waals surface area contributed by atoms with Gasteiger partial charge in [-0.05, 0) is 6.08 Å². The molecule has 0 saturated carbocycles. The van der Waals surface area contributed by atoms with Crippen molar-refractivity contribution in [2.75, 3.05) is 0 Å². The molecule has 1 rings (SSSR count). The Morgan fingerprint density at radius 2 is 1.85 bits per heavy atom. The third-order valence-corrected chi connectivity index (χ3v) is 1.87. The lowest BCUT2D eigenvalue weighted by Crippen LogP contribution is -2.08. The maximum Gasteiger partial charge on any atom is 0.134 e. The molecule has 0 spiro atoms. The highest BCUT2D eigenvalue weighted by atomic mass is 16.1. The minimum atomic E-state index is -0.203. The van der Waals surface area contributed by atoms with Crippen molar-refractivity contribution >= 4 is 17.8 Å². The van der Waals surface area contributed by atoms with E-state index in [1.54, 1.807) is 30.8 Å². The third kappa shape index (κ3) is 1.48. The number of hydrogen-bond acceptors (Lipinski definition) is 3. The largest absolute Gasteiger partial charge is 0.233 e. The van der Waals surface area contributed by atoms with E-state index in [2.05, 4.69) is 0 Å². The molecule has 1 aliphatic rings. The molecule has 3 nitrogen and oxygen atoms in total. The minimum absolute atomic E-state index is 0.0278. The van der Waals surface area contributed by atoms with Crippen LogP contribution in [-0.2, 0) is 14.4 Å². The van der Waals surface area contributed by atoms with Crippen LogP contribution in [0.15, 0.2) is 28.9 Å². The number of carbonyl (C=O) groups excluding carboxylic acids is 3. The van der Waals surface area contributed by atoms with Gasteiger partial charge in [-0.25, -0.2) is 14.4 Å². The molecule has 13 heavy (non-hydrogen) atoms. The first-order valence-corrected chi connectivity index (χ1v) is 3.68. The predicted octanol–water partition coefficient (Wildman–Crippen LogP) is 0.466. The lowest BCUT2D eigenvalue weighted by Gasteiger charge is -2.13. The van der Waals surface area contributed by atoms with Crippen LogP contribution in [-0.4, -0.2) is 17.8 Å². The Morgan fingerprint density at radius 3 is 2.31 bits per heavy atom. The second kappa shape index (κ2) is 3.66. The fourth-order valence-corrected chi connectivity index (χ4v) is 1.13. The van der Waals surface area contributed by atoms with Gasteiger partial charge in [-0.15, -0.1) is 0 Å². The molecule has 64 valence electrons. The van der Waals surface area contributed by atoms with Crippen molar-refractivity contribution in [2.45, 2.75) is 6.92 Å². The summed E-state index contributed by atoms with van der Waals surface area (Å²) in [6.07, 6.45) is 3.10. The van der Waals surface area contributed by atoms with Crippen molar-refractivity contribution in [3.63, 3.8) is 0 Å². The number of allylic oxidation sites excluding steroid dienone is 5. The molecule has 0 saturated heterocycles. The smallest absolute Gasteiger partial charge is 0.134 e. The molecular weight excluding hydrogens is 168 g/mol. The van der Waals surface area contributed by atoms with Crippen molar-refractivity contribution in [2.24, 2.45) is 5.92 Å². The summed E-state index contributed by atoms with van der Waals surface area (Å²) in [6.45, 7) is 1.73. The van der Waals surface area contributed by atoms with Crippen LogP contribution in [0.5, 0.6) is 0 Å². The summed E-state index contributed by atoms with van der Waals surface area (Å²) in [5.74, 6) is 4.56. The van der Waals surface area contributed by atoms with Crippen molar-refractivity contribution in [3.05, 3.63) is 28.9 Å². The summed E-state index contributed by atoms with van der Waals surface area (Å²) in [7, 11) is 0. The van der Waals surface area contributed by atoms with Crippen LogP contribution in [0.1, 0.15) is 6.92 Å². The predicted molar refractivity (Wildman–Crippen MR) is 45.9 cm³/mol. The Morgan fingerprint density at radius 1 is 1.15 bits per heavy atom.